The molecule has 5 nitrogen and oxygen atoms in total. The van der Waals surface area contributed by atoms with Crippen LogP contribution >= 0.6 is 12.4 Å². The van der Waals surface area contributed by atoms with Crippen molar-refractivity contribution in [3.63, 3.8) is 0 Å². The molecule has 0 spiro atoms. The van der Waals surface area contributed by atoms with Gasteiger partial charge in [0.25, 0.3) is 0 Å². The van der Waals surface area contributed by atoms with E-state index >= 15 is 0 Å². The van der Waals surface area contributed by atoms with Gasteiger partial charge in [0.05, 0.1) is 17.6 Å². The van der Waals surface area contributed by atoms with E-state index in [1.54, 1.807) is 11.9 Å². The lowest BCUT2D eigenvalue weighted by Crippen LogP contribution is -2.34. The van der Waals surface area contributed by atoms with Gasteiger partial charge in [-0.15, -0.1) is 12.4 Å². The van der Waals surface area contributed by atoms with Crippen LogP contribution in [0.3, 0.4) is 0 Å². The summed E-state index contributed by atoms with van der Waals surface area (Å²) >= 11 is 0. The summed E-state index contributed by atoms with van der Waals surface area (Å²) in [5.41, 5.74) is 2.06. The molecule has 1 aromatic carbocycles. The minimum absolute atomic E-state index is 0. The minimum Gasteiger partial charge on any atom is -0.345 e. The number of hydrogen-bond donors (Lipinski definition) is 2. The Hall–Kier alpha value is -1.59. The third kappa shape index (κ3) is 4.21. The second kappa shape index (κ2) is 7.87. The fourth-order valence-corrected chi connectivity index (χ4v) is 2.02. The Kier molecular flexibility index (Phi) is 6.48. The number of fused-ring (bicyclic) bond motifs is 1. The van der Waals surface area contributed by atoms with Gasteiger partial charge in [0.2, 0.25) is 5.91 Å². The topological polar surface area (TPSA) is 61.0 Å². The molecule has 0 saturated heterocycles. The maximum Gasteiger partial charge on any atom is 0.236 e. The summed E-state index contributed by atoms with van der Waals surface area (Å²) in [6.07, 6.45) is 1.76. The molecule has 0 unspecified atom stereocenters. The van der Waals surface area contributed by atoms with Gasteiger partial charge in [-0.3, -0.25) is 4.79 Å². The number of carbonyl (C=O) groups is 1. The van der Waals surface area contributed by atoms with E-state index in [-0.39, 0.29) is 18.3 Å². The fraction of sp³-hybridized carbons (Fsp3) is 0.429. The third-order valence-corrected chi connectivity index (χ3v) is 3.10. The maximum absolute atomic E-state index is 11.6. The van der Waals surface area contributed by atoms with Crippen LogP contribution in [0.1, 0.15) is 12.2 Å². The highest BCUT2D eigenvalue weighted by molar-refractivity contribution is 5.85. The number of amides is 1. The first kappa shape index (κ1) is 16.5. The molecule has 0 fully saturated rings. The Morgan fingerprint density at radius 2 is 2.15 bits per heavy atom. The zero-order valence-electron chi connectivity index (χ0n) is 11.8. The zero-order valence-corrected chi connectivity index (χ0v) is 12.7. The molecule has 1 amide bonds. The zero-order chi connectivity index (χ0) is 13.7. The SMILES string of the molecule is CNCC(=O)N(C)CCCc1nc2ccccc2[nH]1.Cl. The van der Waals surface area contributed by atoms with E-state index in [1.807, 2.05) is 31.3 Å². The van der Waals surface area contributed by atoms with E-state index in [2.05, 4.69) is 15.3 Å². The first-order valence-electron chi connectivity index (χ1n) is 6.53. The molecule has 20 heavy (non-hydrogen) atoms. The molecule has 0 aliphatic carbocycles. The molecule has 0 radical (unpaired) electrons. The molecule has 6 heteroatoms. The number of aryl methyl sites for hydroxylation is 1. The summed E-state index contributed by atoms with van der Waals surface area (Å²) in [6, 6.07) is 8.00. The van der Waals surface area contributed by atoms with Gasteiger partial charge in [-0.1, -0.05) is 12.1 Å². The highest BCUT2D eigenvalue weighted by atomic mass is 35.5. The molecule has 2 aromatic rings. The van der Waals surface area contributed by atoms with Crippen LogP contribution in [0, 0.1) is 0 Å². The predicted octanol–water partition coefficient (Wildman–Crippen LogP) is 1.60. The van der Waals surface area contributed by atoms with Crippen molar-refractivity contribution in [2.45, 2.75) is 12.8 Å². The lowest BCUT2D eigenvalue weighted by atomic mass is 10.3. The molecule has 1 heterocycles. The molecule has 110 valence electrons. The average molecular weight is 297 g/mol. The van der Waals surface area contributed by atoms with Crippen LogP contribution in [0.2, 0.25) is 0 Å². The predicted molar refractivity (Wildman–Crippen MR) is 83.2 cm³/mol. The van der Waals surface area contributed by atoms with Crippen LogP contribution in [0.25, 0.3) is 11.0 Å². The van der Waals surface area contributed by atoms with Gasteiger partial charge in [-0.2, -0.15) is 0 Å². The number of aromatic amines is 1. The van der Waals surface area contributed by atoms with Crippen molar-refractivity contribution >= 4 is 29.3 Å². The highest BCUT2D eigenvalue weighted by Gasteiger charge is 2.07. The van der Waals surface area contributed by atoms with Crippen LogP contribution < -0.4 is 5.32 Å². The van der Waals surface area contributed by atoms with E-state index < -0.39 is 0 Å². The Morgan fingerprint density at radius 3 is 2.85 bits per heavy atom. The molecule has 0 aliphatic heterocycles. The van der Waals surface area contributed by atoms with Crippen molar-refractivity contribution in [1.29, 1.82) is 0 Å². The van der Waals surface area contributed by atoms with Crippen LogP contribution in [0.15, 0.2) is 24.3 Å². The molecule has 0 aliphatic rings. The monoisotopic (exact) mass is 296 g/mol. The fourth-order valence-electron chi connectivity index (χ4n) is 2.02. The van der Waals surface area contributed by atoms with E-state index in [1.165, 1.54) is 0 Å². The summed E-state index contributed by atoms with van der Waals surface area (Å²) in [5.74, 6) is 1.10. The van der Waals surface area contributed by atoms with Crippen LogP contribution in [0.4, 0.5) is 0 Å². The van der Waals surface area contributed by atoms with Crippen LogP contribution in [-0.4, -0.2) is 48.0 Å². The van der Waals surface area contributed by atoms with Crippen LogP contribution in [-0.2, 0) is 11.2 Å². The first-order chi connectivity index (χ1) is 9.20. The van der Waals surface area contributed by atoms with Crippen LogP contribution in [0.5, 0.6) is 0 Å². The number of H-pyrrole nitrogens is 1. The van der Waals surface area contributed by atoms with Gasteiger partial charge in [0.1, 0.15) is 5.82 Å². The van der Waals surface area contributed by atoms with E-state index in [4.69, 9.17) is 0 Å². The first-order valence-corrected chi connectivity index (χ1v) is 6.53. The summed E-state index contributed by atoms with van der Waals surface area (Å²) in [5, 5.41) is 2.86. The van der Waals surface area contributed by atoms with Crippen molar-refractivity contribution in [2.75, 3.05) is 27.2 Å². The molecular weight excluding hydrogens is 276 g/mol. The van der Waals surface area contributed by atoms with Gasteiger partial charge in [-0.05, 0) is 25.6 Å². The Labute approximate surface area is 125 Å². The number of para-hydroxylation sites is 2. The number of carbonyl (C=O) groups excluding carboxylic acids is 1. The highest BCUT2D eigenvalue weighted by Crippen LogP contribution is 2.11. The van der Waals surface area contributed by atoms with E-state index in [9.17, 15) is 4.79 Å². The third-order valence-electron chi connectivity index (χ3n) is 3.10. The summed E-state index contributed by atoms with van der Waals surface area (Å²) in [7, 11) is 3.61. The number of hydrogen-bond acceptors (Lipinski definition) is 3. The van der Waals surface area contributed by atoms with Gasteiger partial charge in [-0.25, -0.2) is 4.98 Å². The standard InChI is InChI=1S/C14H20N4O.ClH/c1-15-10-14(19)18(2)9-5-8-13-16-11-6-3-4-7-12(11)17-13;/h3-4,6-7,15H,5,8-10H2,1-2H3,(H,16,17);1H. The number of imidazole rings is 1. The quantitative estimate of drug-likeness (QED) is 0.851. The lowest BCUT2D eigenvalue weighted by Gasteiger charge is -2.16. The summed E-state index contributed by atoms with van der Waals surface area (Å²) in [4.78, 5) is 21.1. The Morgan fingerprint density at radius 1 is 1.40 bits per heavy atom. The Balaban J connectivity index is 0.00000200. The molecule has 0 atom stereocenters. The number of rotatable bonds is 6. The van der Waals surface area contributed by atoms with E-state index in [0.29, 0.717) is 6.54 Å². The van der Waals surface area contributed by atoms with Gasteiger partial charge in [0.15, 0.2) is 0 Å². The smallest absolute Gasteiger partial charge is 0.236 e. The summed E-state index contributed by atoms with van der Waals surface area (Å²) in [6.45, 7) is 1.14. The molecule has 2 N–H and O–H groups in total. The number of halogens is 1. The molecule has 0 bridgehead atoms. The maximum atomic E-state index is 11.6. The lowest BCUT2D eigenvalue weighted by molar-refractivity contribution is -0.128. The minimum atomic E-state index is 0. The van der Waals surface area contributed by atoms with Gasteiger partial charge < -0.3 is 15.2 Å². The number of nitrogens with zero attached hydrogens (tertiary/aromatic N) is 2. The van der Waals surface area contributed by atoms with Crippen molar-refractivity contribution in [1.82, 2.24) is 20.2 Å². The number of aromatic nitrogens is 2. The van der Waals surface area contributed by atoms with E-state index in [0.717, 1.165) is 36.2 Å². The van der Waals surface area contributed by atoms with Crippen molar-refractivity contribution in [3.05, 3.63) is 30.1 Å². The van der Waals surface area contributed by atoms with Crippen molar-refractivity contribution < 1.29 is 4.79 Å². The summed E-state index contributed by atoms with van der Waals surface area (Å²) < 4.78 is 0. The second-order valence-electron chi connectivity index (χ2n) is 4.65. The Bertz CT molecular complexity index is 522. The largest absolute Gasteiger partial charge is 0.345 e. The number of benzene rings is 1. The van der Waals surface area contributed by atoms with Crippen molar-refractivity contribution in [2.24, 2.45) is 0 Å². The second-order valence-corrected chi connectivity index (χ2v) is 4.65. The molecule has 2 rings (SSSR count). The average Bonchev–Trinajstić information content (AvgIpc) is 2.81. The number of nitrogens with one attached hydrogen (secondary N) is 2. The molecular formula is C14H21ClN4O. The molecule has 1 aromatic heterocycles. The van der Waals surface area contributed by atoms with Gasteiger partial charge >= 0.3 is 0 Å². The normalized spacial score (nSPS) is 10.3. The number of likely N-dealkylation sites (N-methyl/N-ethyl adjacent to an activating group) is 2. The van der Waals surface area contributed by atoms with Crippen molar-refractivity contribution in [3.8, 4) is 0 Å². The molecule has 0 saturated carbocycles. The van der Waals surface area contributed by atoms with Gasteiger partial charge in [0, 0.05) is 20.0 Å².